The number of aromatic amines is 2. The Morgan fingerprint density at radius 3 is 2.09 bits per heavy atom. The van der Waals surface area contributed by atoms with E-state index in [1.54, 1.807) is 18.2 Å². The molecule has 23 heavy (non-hydrogen) atoms. The molecule has 0 saturated carbocycles. The molecule has 1 aromatic heterocycles. The Labute approximate surface area is 131 Å². The monoisotopic (exact) mass is 311 g/mol. The zero-order chi connectivity index (χ0) is 16.2. The van der Waals surface area contributed by atoms with Crippen molar-refractivity contribution in [3.05, 3.63) is 74.3 Å². The van der Waals surface area contributed by atoms with Crippen LogP contribution in [0, 0.1) is 0 Å². The van der Waals surface area contributed by atoms with Crippen molar-refractivity contribution in [3.63, 3.8) is 0 Å². The molecule has 118 valence electrons. The molecule has 3 rings (SSSR count). The molecule has 0 aliphatic carbocycles. The maximum Gasteiger partial charge on any atom is 0.270 e. The summed E-state index contributed by atoms with van der Waals surface area (Å²) in [5.74, 6) is 5.29. The summed E-state index contributed by atoms with van der Waals surface area (Å²) in [6.07, 6.45) is 0. The van der Waals surface area contributed by atoms with Gasteiger partial charge in [-0.3, -0.25) is 31.1 Å². The summed E-state index contributed by atoms with van der Waals surface area (Å²) in [5, 5.41) is 8.62. The number of hydrazine groups is 1. The summed E-state index contributed by atoms with van der Waals surface area (Å²) in [4.78, 5) is 23.4. The fraction of sp³-hybridized carbons (Fsp3) is 0.125. The highest BCUT2D eigenvalue weighted by Crippen LogP contribution is 2.14. The Bertz CT molecular complexity index is 928. The van der Waals surface area contributed by atoms with E-state index in [1.165, 1.54) is 0 Å². The Morgan fingerprint density at radius 2 is 1.43 bits per heavy atom. The highest BCUT2D eigenvalue weighted by Gasteiger charge is 2.04. The third kappa shape index (κ3) is 3.31. The molecular weight excluding hydrogens is 294 g/mol. The number of H-pyrrole nitrogens is 2. The third-order valence-electron chi connectivity index (χ3n) is 3.62. The number of aromatic nitrogens is 2. The van der Waals surface area contributed by atoms with Crippen molar-refractivity contribution in [2.24, 2.45) is 5.84 Å². The van der Waals surface area contributed by atoms with E-state index in [0.29, 0.717) is 23.9 Å². The number of nitrogens with one attached hydrogen (secondary N) is 4. The largest absolute Gasteiger partial charge is 0.381 e. The molecule has 0 fully saturated rings. The van der Waals surface area contributed by atoms with Gasteiger partial charge in [-0.2, -0.15) is 0 Å². The van der Waals surface area contributed by atoms with Crippen molar-refractivity contribution < 1.29 is 0 Å². The summed E-state index contributed by atoms with van der Waals surface area (Å²) in [5.41, 5.74) is 4.97. The Kier molecular flexibility index (Phi) is 4.22. The minimum Gasteiger partial charge on any atom is -0.381 e. The lowest BCUT2D eigenvalue weighted by atomic mass is 10.1. The Morgan fingerprint density at radius 1 is 0.826 bits per heavy atom. The van der Waals surface area contributed by atoms with E-state index < -0.39 is 0 Å². The lowest BCUT2D eigenvalue weighted by Gasteiger charge is -2.08. The second-order valence-electron chi connectivity index (χ2n) is 5.22. The summed E-state index contributed by atoms with van der Waals surface area (Å²) in [6.45, 7) is 1.23. The second-order valence-corrected chi connectivity index (χ2v) is 5.22. The molecule has 0 bridgehead atoms. The third-order valence-corrected chi connectivity index (χ3v) is 3.62. The van der Waals surface area contributed by atoms with Crippen LogP contribution in [-0.4, -0.2) is 10.2 Å². The van der Waals surface area contributed by atoms with Crippen molar-refractivity contribution in [1.82, 2.24) is 15.6 Å². The summed E-state index contributed by atoms with van der Waals surface area (Å²) < 4.78 is 0. The van der Waals surface area contributed by atoms with Crippen molar-refractivity contribution >= 4 is 16.5 Å². The zero-order valence-corrected chi connectivity index (χ0v) is 12.3. The van der Waals surface area contributed by atoms with Crippen molar-refractivity contribution in [2.45, 2.75) is 13.1 Å². The molecule has 0 radical (unpaired) electrons. The van der Waals surface area contributed by atoms with Crippen LogP contribution in [0.5, 0.6) is 0 Å². The van der Waals surface area contributed by atoms with Gasteiger partial charge in [-0.15, -0.1) is 0 Å². The van der Waals surface area contributed by atoms with Gasteiger partial charge in [0.1, 0.15) is 0 Å². The normalized spacial score (nSPS) is 10.8. The van der Waals surface area contributed by atoms with Gasteiger partial charge in [-0.1, -0.05) is 24.3 Å². The van der Waals surface area contributed by atoms with Crippen LogP contribution in [0.15, 0.2) is 52.1 Å². The van der Waals surface area contributed by atoms with Gasteiger partial charge in [0.05, 0.1) is 10.8 Å². The van der Waals surface area contributed by atoms with Gasteiger partial charge in [-0.25, -0.2) is 0 Å². The smallest absolute Gasteiger partial charge is 0.270 e. The van der Waals surface area contributed by atoms with Gasteiger partial charge in [0.2, 0.25) is 0 Å². The first kappa shape index (κ1) is 15.0. The molecule has 0 aliphatic heterocycles. The van der Waals surface area contributed by atoms with Gasteiger partial charge in [-0.05, 0) is 29.3 Å². The standard InChI is InChI=1S/C16H17N5O2/c17-19-9-11-3-1-10(2-4-11)8-18-12-5-6-13-14(7-12)16(23)21-20-15(13)22/h1-7,18-19H,8-9,17H2,(H,20,22)(H,21,23). The van der Waals surface area contributed by atoms with E-state index in [1.807, 2.05) is 24.3 Å². The van der Waals surface area contributed by atoms with Gasteiger partial charge >= 0.3 is 0 Å². The SMILES string of the molecule is NNCc1ccc(CNc2ccc3c(=O)[nH][nH]c(=O)c3c2)cc1. The number of hydrogen-bond acceptors (Lipinski definition) is 5. The molecule has 0 unspecified atom stereocenters. The molecule has 3 aromatic rings. The topological polar surface area (TPSA) is 116 Å². The number of benzene rings is 2. The molecule has 1 heterocycles. The summed E-state index contributed by atoms with van der Waals surface area (Å²) in [7, 11) is 0. The Balaban J connectivity index is 1.78. The quantitative estimate of drug-likeness (QED) is 0.353. The van der Waals surface area contributed by atoms with Gasteiger partial charge in [0, 0.05) is 18.8 Å². The maximum atomic E-state index is 11.8. The Hall–Kier alpha value is -2.90. The van der Waals surface area contributed by atoms with Gasteiger partial charge < -0.3 is 5.32 Å². The number of nitrogens with two attached hydrogens (primary N) is 1. The molecule has 7 heteroatoms. The van der Waals surface area contributed by atoms with Crippen molar-refractivity contribution in [1.29, 1.82) is 0 Å². The van der Waals surface area contributed by atoms with Crippen LogP contribution < -0.4 is 27.7 Å². The molecule has 0 spiro atoms. The van der Waals surface area contributed by atoms with Crippen molar-refractivity contribution in [3.8, 4) is 0 Å². The van der Waals surface area contributed by atoms with Crippen LogP contribution in [0.1, 0.15) is 11.1 Å². The average Bonchev–Trinajstić information content (AvgIpc) is 2.58. The average molecular weight is 311 g/mol. The first-order valence-corrected chi connectivity index (χ1v) is 7.17. The molecule has 7 nitrogen and oxygen atoms in total. The summed E-state index contributed by atoms with van der Waals surface area (Å²) in [6, 6.07) is 13.1. The predicted molar refractivity (Wildman–Crippen MR) is 90.0 cm³/mol. The summed E-state index contributed by atoms with van der Waals surface area (Å²) >= 11 is 0. The molecule has 0 aliphatic rings. The lowest BCUT2D eigenvalue weighted by Crippen LogP contribution is -2.20. The maximum absolute atomic E-state index is 11.8. The lowest BCUT2D eigenvalue weighted by molar-refractivity contribution is 0.741. The predicted octanol–water partition coefficient (Wildman–Crippen LogP) is 0.792. The van der Waals surface area contributed by atoms with Crippen molar-refractivity contribution in [2.75, 3.05) is 5.32 Å². The first-order chi connectivity index (χ1) is 11.2. The van der Waals surface area contributed by atoms with Gasteiger partial charge in [0.15, 0.2) is 0 Å². The van der Waals surface area contributed by atoms with Crippen LogP contribution in [-0.2, 0) is 13.1 Å². The molecule has 0 amide bonds. The van der Waals surface area contributed by atoms with E-state index in [9.17, 15) is 9.59 Å². The van der Waals surface area contributed by atoms with Gasteiger partial charge in [0.25, 0.3) is 11.1 Å². The number of hydrogen-bond donors (Lipinski definition) is 5. The number of anilines is 1. The highest BCUT2D eigenvalue weighted by molar-refractivity contribution is 5.83. The molecule has 0 saturated heterocycles. The molecule has 2 aromatic carbocycles. The molecular formula is C16H17N5O2. The van der Waals surface area contributed by atoms with Crippen LogP contribution in [0.2, 0.25) is 0 Å². The number of fused-ring (bicyclic) bond motifs is 1. The van der Waals surface area contributed by atoms with Crippen LogP contribution in [0.25, 0.3) is 10.8 Å². The molecule has 0 atom stereocenters. The van der Waals surface area contributed by atoms with E-state index in [2.05, 4.69) is 20.9 Å². The minimum atomic E-state index is -0.318. The van der Waals surface area contributed by atoms with E-state index in [4.69, 9.17) is 5.84 Å². The highest BCUT2D eigenvalue weighted by atomic mass is 16.1. The van der Waals surface area contributed by atoms with Crippen LogP contribution in [0.4, 0.5) is 5.69 Å². The fourth-order valence-electron chi connectivity index (χ4n) is 2.39. The fourth-order valence-corrected chi connectivity index (χ4v) is 2.39. The second kappa shape index (κ2) is 6.47. The minimum absolute atomic E-state index is 0.310. The van der Waals surface area contributed by atoms with E-state index in [-0.39, 0.29) is 11.1 Å². The molecule has 6 N–H and O–H groups in total. The van der Waals surface area contributed by atoms with E-state index in [0.717, 1.165) is 16.8 Å². The van der Waals surface area contributed by atoms with E-state index >= 15 is 0 Å². The van der Waals surface area contributed by atoms with Crippen LogP contribution >= 0.6 is 0 Å². The number of rotatable bonds is 5. The first-order valence-electron chi connectivity index (χ1n) is 7.17. The van der Waals surface area contributed by atoms with Crippen LogP contribution in [0.3, 0.4) is 0 Å². The zero-order valence-electron chi connectivity index (χ0n) is 12.3.